The lowest BCUT2D eigenvalue weighted by molar-refractivity contribution is -0.161. The fourth-order valence-electron chi connectivity index (χ4n) is 3.64. The van der Waals surface area contributed by atoms with Gasteiger partial charge in [-0.2, -0.15) is 12.8 Å². The molecular weight excluding hydrogens is 471 g/mol. The van der Waals surface area contributed by atoms with Gasteiger partial charge in [-0.15, -0.1) is 0 Å². The Labute approximate surface area is 213 Å². The Balaban J connectivity index is 4.10. The molecule has 0 saturated heterocycles. The summed E-state index contributed by atoms with van der Waals surface area (Å²) < 4.78 is 25.9. The second-order valence-corrected chi connectivity index (χ2v) is 10.3. The first-order valence-electron chi connectivity index (χ1n) is 13.4. The van der Waals surface area contributed by atoms with Crippen LogP contribution in [-0.2, 0) is 28.2 Å². The minimum absolute atomic E-state index is 0.203. The second-order valence-electron chi connectivity index (χ2n) is 9.09. The van der Waals surface area contributed by atoms with Gasteiger partial charge in [0.1, 0.15) is 6.61 Å². The number of carbonyl (C=O) groups is 2. The van der Waals surface area contributed by atoms with Crippen molar-refractivity contribution in [2.24, 2.45) is 0 Å². The third-order valence-corrected chi connectivity index (χ3v) is 6.15. The molecule has 9 heteroatoms. The number of ether oxygens (including phenoxy) is 2. The normalized spacial score (nSPS) is 12.5. The average molecular weight is 521 g/mol. The molecule has 0 heterocycles. The van der Waals surface area contributed by atoms with Gasteiger partial charge < -0.3 is 33.1 Å². The number of unbranched alkanes of at least 4 members (excludes halogenated alkanes) is 15. The molecule has 0 amide bonds. The number of phosphoric acid groups is 1. The molecule has 0 aromatic heterocycles. The van der Waals surface area contributed by atoms with E-state index in [4.69, 9.17) is 19.3 Å². The minimum Gasteiger partial charge on any atom is -0.462 e. The molecule has 0 aromatic rings. The Kier molecular flexibility index (Phi) is 22.8. The minimum atomic E-state index is -4.73. The van der Waals surface area contributed by atoms with Crippen LogP contribution in [0.25, 0.3) is 0 Å². The standard InChI is InChI=1S/C26H49O8P/c1-3-5-7-9-11-13-15-16-18-20-25(27)32-22-24(23-33-35(29,30)31)34-26(28)21-19-17-14-12-10-8-6-4-2/h24H,1-23H2,(H2,29,30,31)/q-2/t24-/m1/s1. The Hall–Kier alpha value is -0.950. The van der Waals surface area contributed by atoms with Gasteiger partial charge in [-0.25, -0.2) is 4.57 Å². The molecular formula is C26H49O8P-2. The van der Waals surface area contributed by atoms with Crippen LogP contribution in [0, 0.1) is 13.8 Å². The number of carbonyl (C=O) groups excluding carboxylic acids is 2. The van der Waals surface area contributed by atoms with Crippen LogP contribution in [0.5, 0.6) is 0 Å². The van der Waals surface area contributed by atoms with E-state index in [9.17, 15) is 14.2 Å². The van der Waals surface area contributed by atoms with E-state index in [2.05, 4.69) is 18.4 Å². The summed E-state index contributed by atoms with van der Waals surface area (Å²) in [4.78, 5) is 42.0. The first kappa shape index (κ1) is 34.0. The number of phosphoric ester groups is 1. The maximum absolute atomic E-state index is 12.1. The number of hydrogen-bond donors (Lipinski definition) is 2. The molecule has 2 N–H and O–H groups in total. The van der Waals surface area contributed by atoms with Crippen LogP contribution in [0.1, 0.15) is 122 Å². The van der Waals surface area contributed by atoms with Crippen molar-refractivity contribution in [3.8, 4) is 0 Å². The second kappa shape index (κ2) is 23.4. The molecule has 208 valence electrons. The topological polar surface area (TPSA) is 119 Å². The molecule has 1 atom stereocenters. The maximum Gasteiger partial charge on any atom is 0.469 e. The molecule has 0 aliphatic rings. The maximum atomic E-state index is 12.1. The summed E-state index contributed by atoms with van der Waals surface area (Å²) in [5, 5.41) is 0. The van der Waals surface area contributed by atoms with Crippen molar-refractivity contribution in [2.45, 2.75) is 128 Å². The zero-order chi connectivity index (χ0) is 26.2. The van der Waals surface area contributed by atoms with Crippen LogP contribution in [0.2, 0.25) is 0 Å². The van der Waals surface area contributed by atoms with Gasteiger partial charge in [0.2, 0.25) is 0 Å². The van der Waals surface area contributed by atoms with Crippen molar-refractivity contribution in [2.75, 3.05) is 13.2 Å². The van der Waals surface area contributed by atoms with Gasteiger partial charge in [0, 0.05) is 12.8 Å². The van der Waals surface area contributed by atoms with Crippen LogP contribution >= 0.6 is 7.82 Å². The number of esters is 2. The van der Waals surface area contributed by atoms with E-state index in [0.29, 0.717) is 6.42 Å². The summed E-state index contributed by atoms with van der Waals surface area (Å²) in [5.74, 6) is -0.913. The molecule has 0 bridgehead atoms. The molecule has 0 radical (unpaired) electrons. The van der Waals surface area contributed by atoms with E-state index >= 15 is 0 Å². The van der Waals surface area contributed by atoms with Gasteiger partial charge in [-0.05, 0) is 12.8 Å². The summed E-state index contributed by atoms with van der Waals surface area (Å²) >= 11 is 0. The zero-order valence-corrected chi connectivity index (χ0v) is 22.5. The molecule has 0 rings (SSSR count). The Morgan fingerprint density at radius 1 is 0.629 bits per heavy atom. The van der Waals surface area contributed by atoms with Crippen LogP contribution in [0.4, 0.5) is 0 Å². The highest BCUT2D eigenvalue weighted by molar-refractivity contribution is 7.46. The molecule has 0 spiro atoms. The molecule has 0 saturated carbocycles. The summed E-state index contributed by atoms with van der Waals surface area (Å²) in [6.07, 6.45) is 17.3. The van der Waals surface area contributed by atoms with Crippen molar-refractivity contribution >= 4 is 19.8 Å². The fourth-order valence-corrected chi connectivity index (χ4v) is 4.00. The fraction of sp³-hybridized carbons (Fsp3) is 0.846. The zero-order valence-electron chi connectivity index (χ0n) is 21.6. The van der Waals surface area contributed by atoms with E-state index in [-0.39, 0.29) is 19.4 Å². The summed E-state index contributed by atoms with van der Waals surface area (Å²) in [6.45, 7) is 6.84. The highest BCUT2D eigenvalue weighted by Crippen LogP contribution is 2.35. The van der Waals surface area contributed by atoms with Crippen molar-refractivity contribution in [3.05, 3.63) is 13.8 Å². The molecule has 0 aliphatic heterocycles. The third-order valence-electron chi connectivity index (χ3n) is 5.67. The van der Waals surface area contributed by atoms with Gasteiger partial charge >= 0.3 is 19.8 Å². The number of rotatable bonds is 25. The molecule has 0 fully saturated rings. The average Bonchev–Trinajstić information content (AvgIpc) is 2.81. The van der Waals surface area contributed by atoms with Crippen LogP contribution in [-0.4, -0.2) is 41.0 Å². The van der Waals surface area contributed by atoms with E-state index < -0.39 is 32.5 Å². The third kappa shape index (κ3) is 25.9. The van der Waals surface area contributed by atoms with Crippen LogP contribution < -0.4 is 0 Å². The largest absolute Gasteiger partial charge is 0.469 e. The lowest BCUT2D eigenvalue weighted by Crippen LogP contribution is -2.29. The van der Waals surface area contributed by atoms with Gasteiger partial charge in [0.25, 0.3) is 0 Å². The van der Waals surface area contributed by atoms with Crippen LogP contribution in [0.15, 0.2) is 0 Å². The lowest BCUT2D eigenvalue weighted by Gasteiger charge is -2.18. The van der Waals surface area contributed by atoms with Gasteiger partial charge in [0.05, 0.1) is 6.61 Å². The van der Waals surface area contributed by atoms with Crippen LogP contribution in [0.3, 0.4) is 0 Å². The van der Waals surface area contributed by atoms with E-state index in [1.54, 1.807) is 0 Å². The predicted octanol–water partition coefficient (Wildman–Crippen LogP) is 6.63. The van der Waals surface area contributed by atoms with E-state index in [1.807, 2.05) is 0 Å². The van der Waals surface area contributed by atoms with Crippen molar-refractivity contribution in [3.63, 3.8) is 0 Å². The van der Waals surface area contributed by atoms with Crippen molar-refractivity contribution in [1.29, 1.82) is 0 Å². The summed E-state index contributed by atoms with van der Waals surface area (Å²) in [5.41, 5.74) is 0. The van der Waals surface area contributed by atoms with Crippen molar-refractivity contribution in [1.82, 2.24) is 0 Å². The molecule has 0 aliphatic carbocycles. The Bertz CT molecular complexity index is 564. The van der Waals surface area contributed by atoms with E-state index in [1.165, 1.54) is 38.5 Å². The summed E-state index contributed by atoms with van der Waals surface area (Å²) in [6, 6.07) is 0. The highest BCUT2D eigenvalue weighted by atomic mass is 31.2. The van der Waals surface area contributed by atoms with Gasteiger partial charge in [-0.1, -0.05) is 83.5 Å². The van der Waals surface area contributed by atoms with Crippen molar-refractivity contribution < 1.29 is 37.9 Å². The Morgan fingerprint density at radius 3 is 1.46 bits per heavy atom. The van der Waals surface area contributed by atoms with Gasteiger partial charge in [-0.3, -0.25) is 14.1 Å². The monoisotopic (exact) mass is 520 g/mol. The first-order valence-corrected chi connectivity index (χ1v) is 14.9. The number of hydrogen-bond acceptors (Lipinski definition) is 6. The highest BCUT2D eigenvalue weighted by Gasteiger charge is 2.22. The predicted molar refractivity (Wildman–Crippen MR) is 137 cm³/mol. The molecule has 8 nitrogen and oxygen atoms in total. The Morgan fingerprint density at radius 2 is 1.03 bits per heavy atom. The first-order chi connectivity index (χ1) is 16.8. The quantitative estimate of drug-likeness (QED) is 0.0596. The smallest absolute Gasteiger partial charge is 0.462 e. The lowest BCUT2D eigenvalue weighted by atomic mass is 10.1. The van der Waals surface area contributed by atoms with Gasteiger partial charge in [0.15, 0.2) is 6.10 Å². The van der Waals surface area contributed by atoms with E-state index in [0.717, 1.165) is 64.2 Å². The molecule has 0 unspecified atom stereocenters. The summed E-state index contributed by atoms with van der Waals surface area (Å²) in [7, 11) is -4.73. The SMILES string of the molecule is [CH2-]CCCCCCCCCCC(=O)OC[C@H](COP(=O)(O)O)OC(=O)CCCCCCCCC[CH2-]. The molecule has 35 heavy (non-hydrogen) atoms. The molecule has 0 aromatic carbocycles.